The molecule has 1 saturated heterocycles. The highest BCUT2D eigenvalue weighted by molar-refractivity contribution is 5.83. The lowest BCUT2D eigenvalue weighted by atomic mass is 10.1. The number of pyridine rings is 1. The van der Waals surface area contributed by atoms with Crippen molar-refractivity contribution < 1.29 is 9.13 Å². The van der Waals surface area contributed by atoms with E-state index in [2.05, 4.69) is 15.4 Å². The molecule has 1 fully saturated rings. The molecule has 1 atom stereocenters. The van der Waals surface area contributed by atoms with Gasteiger partial charge in [0.15, 0.2) is 0 Å². The van der Waals surface area contributed by atoms with Gasteiger partial charge in [-0.2, -0.15) is 5.10 Å². The van der Waals surface area contributed by atoms with Crippen molar-refractivity contribution in [1.82, 2.24) is 25.1 Å². The summed E-state index contributed by atoms with van der Waals surface area (Å²) in [6, 6.07) is 6.73. The summed E-state index contributed by atoms with van der Waals surface area (Å²) in [5, 5.41) is 8.70. The first-order chi connectivity index (χ1) is 15.0. The molecule has 3 heterocycles. The maximum absolute atomic E-state index is 13.7. The van der Waals surface area contributed by atoms with Crippen molar-refractivity contribution in [2.75, 3.05) is 18.9 Å². The lowest BCUT2D eigenvalue weighted by molar-refractivity contribution is 0.0698. The highest BCUT2D eigenvalue weighted by atomic mass is 19.1. The predicted octanol–water partition coefficient (Wildman–Crippen LogP) is 3.45. The normalized spacial score (nSPS) is 16.3. The van der Waals surface area contributed by atoms with Gasteiger partial charge in [-0.25, -0.2) is 4.39 Å². The van der Waals surface area contributed by atoms with Crippen LogP contribution in [0.25, 0.3) is 22.0 Å². The minimum atomic E-state index is -0.297. The van der Waals surface area contributed by atoms with Gasteiger partial charge in [-0.1, -0.05) is 0 Å². The minimum Gasteiger partial charge on any atom is -0.384 e. The molecule has 1 aliphatic rings. The van der Waals surface area contributed by atoms with Crippen molar-refractivity contribution in [2.45, 2.75) is 32.4 Å². The monoisotopic (exact) mass is 422 g/mol. The topological polar surface area (TPSA) is 90.9 Å². The molecule has 0 spiro atoms. The molecule has 7 nitrogen and oxygen atoms in total. The largest absolute Gasteiger partial charge is 0.384 e. The molecule has 1 aromatic carbocycles. The van der Waals surface area contributed by atoms with E-state index >= 15 is 0 Å². The fraction of sp³-hybridized carbons (Fsp3) is 0.348. The molecule has 4 rings (SSSR count). The van der Waals surface area contributed by atoms with E-state index in [0.717, 1.165) is 52.7 Å². The molecule has 162 valence electrons. The Hall–Kier alpha value is -3.10. The smallest absolute Gasteiger partial charge is 0.124 e. The van der Waals surface area contributed by atoms with Crippen molar-refractivity contribution in [1.29, 1.82) is 0 Å². The second-order valence-corrected chi connectivity index (χ2v) is 7.79. The summed E-state index contributed by atoms with van der Waals surface area (Å²) >= 11 is 0. The van der Waals surface area contributed by atoms with Gasteiger partial charge < -0.3 is 15.8 Å². The number of hydrogen-bond donors (Lipinski definition) is 2. The van der Waals surface area contributed by atoms with Gasteiger partial charge in [-0.15, -0.1) is 0 Å². The van der Waals surface area contributed by atoms with Crippen LogP contribution < -0.4 is 11.1 Å². The molecular formula is C23H27FN6O. The first-order valence-electron chi connectivity index (χ1n) is 10.4. The van der Waals surface area contributed by atoms with E-state index < -0.39 is 0 Å². The van der Waals surface area contributed by atoms with E-state index in [4.69, 9.17) is 15.5 Å². The van der Waals surface area contributed by atoms with Gasteiger partial charge in [0.25, 0.3) is 0 Å². The van der Waals surface area contributed by atoms with Crippen LogP contribution >= 0.6 is 0 Å². The molecule has 1 unspecified atom stereocenters. The molecule has 0 radical (unpaired) electrons. The van der Waals surface area contributed by atoms with Crippen molar-refractivity contribution in [2.24, 2.45) is 7.05 Å². The Kier molecular flexibility index (Phi) is 6.39. The number of benzene rings is 1. The fourth-order valence-corrected chi connectivity index (χ4v) is 3.61. The third-order valence-corrected chi connectivity index (χ3v) is 5.59. The second kappa shape index (κ2) is 9.36. The van der Waals surface area contributed by atoms with E-state index in [1.807, 2.05) is 13.0 Å². The number of fused-ring (bicyclic) bond motifs is 1. The van der Waals surface area contributed by atoms with Gasteiger partial charge in [0, 0.05) is 60.7 Å². The number of nitrogen functional groups attached to an aromatic ring is 1. The van der Waals surface area contributed by atoms with Crippen LogP contribution in [0.2, 0.25) is 0 Å². The number of aromatic nitrogens is 4. The number of ether oxygens (including phenoxy) is 1. The van der Waals surface area contributed by atoms with Crippen LogP contribution in [0.5, 0.6) is 0 Å². The highest BCUT2D eigenvalue weighted by Crippen LogP contribution is 2.22. The van der Waals surface area contributed by atoms with Crippen LogP contribution in [-0.4, -0.2) is 39.0 Å². The van der Waals surface area contributed by atoms with Gasteiger partial charge >= 0.3 is 0 Å². The molecule has 1 aliphatic heterocycles. The van der Waals surface area contributed by atoms with E-state index in [1.165, 1.54) is 12.1 Å². The van der Waals surface area contributed by atoms with Crippen LogP contribution in [0.15, 0.2) is 42.9 Å². The van der Waals surface area contributed by atoms with Crippen LogP contribution in [0.3, 0.4) is 0 Å². The van der Waals surface area contributed by atoms with Gasteiger partial charge in [0.05, 0.1) is 24.0 Å². The van der Waals surface area contributed by atoms with E-state index in [-0.39, 0.29) is 5.82 Å². The molecule has 0 saturated carbocycles. The van der Waals surface area contributed by atoms with E-state index in [0.29, 0.717) is 25.0 Å². The van der Waals surface area contributed by atoms with Gasteiger partial charge in [-0.3, -0.25) is 14.6 Å². The zero-order chi connectivity index (χ0) is 21.8. The average Bonchev–Trinajstić information content (AvgIpc) is 2.84. The molecule has 2 aromatic heterocycles. The molecule has 3 aromatic rings. The first kappa shape index (κ1) is 21.1. The summed E-state index contributed by atoms with van der Waals surface area (Å²) in [4.78, 5) is 9.19. The Morgan fingerprint density at radius 3 is 2.84 bits per heavy atom. The Bertz CT molecular complexity index is 1140. The average molecular weight is 423 g/mol. The highest BCUT2D eigenvalue weighted by Gasteiger charge is 2.14. The number of rotatable bonds is 4. The second-order valence-electron chi connectivity index (χ2n) is 7.79. The number of nitrogens with one attached hydrogen (secondary N) is 1. The predicted molar refractivity (Wildman–Crippen MR) is 119 cm³/mol. The summed E-state index contributed by atoms with van der Waals surface area (Å²) in [7, 11) is 1.80. The molecule has 8 heteroatoms. The quantitative estimate of drug-likeness (QED) is 0.669. The molecular weight excluding hydrogens is 395 g/mol. The number of nitrogens with zero attached hydrogens (tertiary/aromatic N) is 4. The molecule has 0 aliphatic carbocycles. The number of halogens is 1. The SMILES string of the molecule is Cc1c(CNC2CCCOC2)ncc(-c2cnc3ccc(F)cc3c2)cnn(C)c1N. The number of nitrogens with two attached hydrogens (primary N) is 1. The van der Waals surface area contributed by atoms with Crippen LogP contribution in [0.1, 0.15) is 24.1 Å². The molecule has 0 amide bonds. The zero-order valence-electron chi connectivity index (χ0n) is 17.8. The van der Waals surface area contributed by atoms with Crippen molar-refractivity contribution in [3.05, 3.63) is 59.9 Å². The van der Waals surface area contributed by atoms with Crippen LogP contribution in [-0.2, 0) is 18.3 Å². The maximum Gasteiger partial charge on any atom is 0.124 e. The molecule has 0 bridgehead atoms. The standard InChI is InChI=1S/C23H27FN6O/c1-15-22(13-26-20-4-3-7-31-14-20)28-11-18(12-29-30(2)23(15)25)17-8-16-9-19(24)5-6-21(16)27-10-17/h5-6,8-12,20,26H,3-4,7,13-14,25H2,1-2H3. The van der Waals surface area contributed by atoms with Gasteiger partial charge in [-0.05, 0) is 44.0 Å². The summed E-state index contributed by atoms with van der Waals surface area (Å²) in [6.45, 7) is 4.04. The van der Waals surface area contributed by atoms with E-state index in [1.54, 1.807) is 36.4 Å². The Morgan fingerprint density at radius 2 is 2.03 bits per heavy atom. The van der Waals surface area contributed by atoms with Crippen LogP contribution in [0.4, 0.5) is 10.2 Å². The van der Waals surface area contributed by atoms with Gasteiger partial charge in [0.1, 0.15) is 11.6 Å². The summed E-state index contributed by atoms with van der Waals surface area (Å²) in [6.07, 6.45) is 7.33. The summed E-state index contributed by atoms with van der Waals surface area (Å²) in [5.41, 5.74) is 10.3. The summed E-state index contributed by atoms with van der Waals surface area (Å²) < 4.78 is 20.9. The van der Waals surface area contributed by atoms with Gasteiger partial charge in [0.2, 0.25) is 0 Å². The number of hydrogen-bond acceptors (Lipinski definition) is 6. The Morgan fingerprint density at radius 1 is 1.19 bits per heavy atom. The van der Waals surface area contributed by atoms with Crippen LogP contribution in [0, 0.1) is 12.7 Å². The lowest BCUT2D eigenvalue weighted by Crippen LogP contribution is -2.36. The third kappa shape index (κ3) is 4.98. The molecule has 3 N–H and O–H groups in total. The Labute approximate surface area is 180 Å². The maximum atomic E-state index is 13.7. The van der Waals surface area contributed by atoms with Crippen molar-refractivity contribution in [3.63, 3.8) is 0 Å². The Balaban J connectivity index is 1.74. The molecule has 31 heavy (non-hydrogen) atoms. The zero-order valence-corrected chi connectivity index (χ0v) is 17.8. The minimum absolute atomic E-state index is 0.297. The summed E-state index contributed by atoms with van der Waals surface area (Å²) in [5.74, 6) is 0.235. The lowest BCUT2D eigenvalue weighted by Gasteiger charge is -2.23. The van der Waals surface area contributed by atoms with Crippen molar-refractivity contribution in [3.8, 4) is 11.1 Å². The number of anilines is 1. The first-order valence-corrected chi connectivity index (χ1v) is 10.4. The van der Waals surface area contributed by atoms with E-state index in [9.17, 15) is 4.39 Å². The third-order valence-electron chi connectivity index (χ3n) is 5.59. The number of aryl methyl sites for hydroxylation is 1. The van der Waals surface area contributed by atoms with Crippen molar-refractivity contribution >= 4 is 16.7 Å². The fourth-order valence-electron chi connectivity index (χ4n) is 3.61.